The number of rotatable bonds is 5. The summed E-state index contributed by atoms with van der Waals surface area (Å²) in [4.78, 5) is 13.9. The van der Waals surface area contributed by atoms with Crippen LogP contribution in [-0.2, 0) is 4.79 Å². The van der Waals surface area contributed by atoms with Crippen LogP contribution in [0.2, 0.25) is 0 Å². The second kappa shape index (κ2) is 7.17. The van der Waals surface area contributed by atoms with Crippen molar-refractivity contribution in [3.8, 4) is 0 Å². The second-order valence-electron chi connectivity index (χ2n) is 4.72. The van der Waals surface area contributed by atoms with E-state index in [9.17, 15) is 4.79 Å². The summed E-state index contributed by atoms with van der Waals surface area (Å²) >= 11 is 1.61. The Hall–Kier alpha value is -0.220. The quantitative estimate of drug-likeness (QED) is 0.799. The number of hydrogen-bond acceptors (Lipinski definition) is 3. The van der Waals surface area contributed by atoms with E-state index in [1.165, 1.54) is 19.3 Å². The van der Waals surface area contributed by atoms with Gasteiger partial charge in [0.25, 0.3) is 0 Å². The van der Waals surface area contributed by atoms with Gasteiger partial charge in [-0.05, 0) is 39.5 Å². The van der Waals surface area contributed by atoms with Gasteiger partial charge in [-0.15, -0.1) is 0 Å². The van der Waals surface area contributed by atoms with Gasteiger partial charge in [0, 0.05) is 18.6 Å². The van der Waals surface area contributed by atoms with Crippen LogP contribution in [-0.4, -0.2) is 48.0 Å². The van der Waals surface area contributed by atoms with E-state index in [1.807, 2.05) is 11.2 Å². The van der Waals surface area contributed by atoms with Crippen molar-refractivity contribution in [1.82, 2.24) is 10.2 Å². The third-order valence-corrected chi connectivity index (χ3v) is 3.58. The standard InChI is InChI=1S/C12H24N2OS/c1-10(2)14(12(15)9-16-3)8-11-6-4-5-7-13-11/h10-11,13H,4-9H2,1-3H3. The number of nitrogens with zero attached hydrogens (tertiary/aromatic N) is 1. The third-order valence-electron chi connectivity index (χ3n) is 3.04. The van der Waals surface area contributed by atoms with Crippen LogP contribution in [0.3, 0.4) is 0 Å². The zero-order valence-corrected chi connectivity index (χ0v) is 11.5. The maximum Gasteiger partial charge on any atom is 0.232 e. The molecule has 1 aliphatic rings. The topological polar surface area (TPSA) is 32.3 Å². The van der Waals surface area contributed by atoms with E-state index >= 15 is 0 Å². The van der Waals surface area contributed by atoms with Crippen molar-refractivity contribution in [2.45, 2.75) is 45.2 Å². The highest BCUT2D eigenvalue weighted by molar-refractivity contribution is 7.99. The van der Waals surface area contributed by atoms with Crippen molar-refractivity contribution in [3.05, 3.63) is 0 Å². The Labute approximate surface area is 103 Å². The summed E-state index contributed by atoms with van der Waals surface area (Å²) < 4.78 is 0. The summed E-state index contributed by atoms with van der Waals surface area (Å²) in [5.41, 5.74) is 0. The molecule has 1 unspecified atom stereocenters. The zero-order chi connectivity index (χ0) is 12.0. The van der Waals surface area contributed by atoms with Gasteiger partial charge in [0.05, 0.1) is 5.75 Å². The fourth-order valence-electron chi connectivity index (χ4n) is 2.12. The summed E-state index contributed by atoms with van der Waals surface area (Å²) in [5, 5.41) is 3.50. The molecule has 1 rings (SSSR count). The molecule has 0 aromatic heterocycles. The van der Waals surface area contributed by atoms with E-state index in [2.05, 4.69) is 19.2 Å². The lowest BCUT2D eigenvalue weighted by molar-refractivity contribution is -0.130. The minimum absolute atomic E-state index is 0.273. The highest BCUT2D eigenvalue weighted by Gasteiger charge is 2.21. The fraction of sp³-hybridized carbons (Fsp3) is 0.917. The molecular weight excluding hydrogens is 220 g/mol. The minimum Gasteiger partial charge on any atom is -0.338 e. The van der Waals surface area contributed by atoms with Gasteiger partial charge < -0.3 is 10.2 Å². The van der Waals surface area contributed by atoms with E-state index in [0.717, 1.165) is 13.1 Å². The van der Waals surface area contributed by atoms with Crippen LogP contribution < -0.4 is 5.32 Å². The molecule has 0 aromatic carbocycles. The van der Waals surface area contributed by atoms with E-state index in [1.54, 1.807) is 11.8 Å². The summed E-state index contributed by atoms with van der Waals surface area (Å²) in [7, 11) is 0. The van der Waals surface area contributed by atoms with Crippen LogP contribution in [0, 0.1) is 0 Å². The first-order valence-electron chi connectivity index (χ1n) is 6.17. The Balaban J connectivity index is 2.46. The van der Waals surface area contributed by atoms with Crippen LogP contribution in [0.15, 0.2) is 0 Å². The number of carbonyl (C=O) groups is 1. The van der Waals surface area contributed by atoms with Gasteiger partial charge in [-0.25, -0.2) is 0 Å². The molecule has 1 heterocycles. The molecule has 1 atom stereocenters. The molecule has 1 saturated heterocycles. The van der Waals surface area contributed by atoms with Gasteiger partial charge in [-0.2, -0.15) is 11.8 Å². The van der Waals surface area contributed by atoms with Gasteiger partial charge in [-0.3, -0.25) is 4.79 Å². The molecule has 0 aliphatic carbocycles. The monoisotopic (exact) mass is 244 g/mol. The summed E-state index contributed by atoms with van der Waals surface area (Å²) in [6.07, 6.45) is 5.75. The smallest absolute Gasteiger partial charge is 0.232 e. The summed E-state index contributed by atoms with van der Waals surface area (Å²) in [6.45, 7) is 6.17. The molecule has 0 spiro atoms. The van der Waals surface area contributed by atoms with Gasteiger partial charge in [0.1, 0.15) is 0 Å². The van der Waals surface area contributed by atoms with Crippen LogP contribution in [0.25, 0.3) is 0 Å². The van der Waals surface area contributed by atoms with Crippen LogP contribution in [0.1, 0.15) is 33.1 Å². The Morgan fingerprint density at radius 2 is 2.25 bits per heavy atom. The van der Waals surface area contributed by atoms with Crippen molar-refractivity contribution in [3.63, 3.8) is 0 Å². The first-order chi connectivity index (χ1) is 7.65. The van der Waals surface area contributed by atoms with E-state index < -0.39 is 0 Å². The molecule has 1 fully saturated rings. The lowest BCUT2D eigenvalue weighted by atomic mass is 10.0. The number of amides is 1. The zero-order valence-electron chi connectivity index (χ0n) is 10.7. The van der Waals surface area contributed by atoms with E-state index in [4.69, 9.17) is 0 Å². The maximum absolute atomic E-state index is 11.9. The van der Waals surface area contributed by atoms with Crippen LogP contribution in [0.5, 0.6) is 0 Å². The minimum atomic E-state index is 0.273. The lowest BCUT2D eigenvalue weighted by Crippen LogP contribution is -2.48. The number of piperidine rings is 1. The second-order valence-corrected chi connectivity index (χ2v) is 5.59. The molecule has 0 radical (unpaired) electrons. The number of carbonyl (C=O) groups excluding carboxylic acids is 1. The summed E-state index contributed by atoms with van der Waals surface area (Å²) in [6, 6.07) is 0.810. The van der Waals surface area contributed by atoms with Crippen LogP contribution >= 0.6 is 11.8 Å². The van der Waals surface area contributed by atoms with Crippen molar-refractivity contribution in [2.24, 2.45) is 0 Å². The Kier molecular flexibility index (Phi) is 6.21. The Morgan fingerprint density at radius 3 is 2.75 bits per heavy atom. The van der Waals surface area contributed by atoms with Crippen molar-refractivity contribution < 1.29 is 4.79 Å². The largest absolute Gasteiger partial charge is 0.338 e. The number of nitrogens with one attached hydrogen (secondary N) is 1. The van der Waals surface area contributed by atoms with Crippen molar-refractivity contribution in [1.29, 1.82) is 0 Å². The average Bonchev–Trinajstić information content (AvgIpc) is 2.27. The first kappa shape index (κ1) is 13.8. The molecule has 0 saturated carbocycles. The van der Waals surface area contributed by atoms with Gasteiger partial charge in [-0.1, -0.05) is 6.42 Å². The van der Waals surface area contributed by atoms with Crippen LogP contribution in [0.4, 0.5) is 0 Å². The van der Waals surface area contributed by atoms with Gasteiger partial charge in [0.15, 0.2) is 0 Å². The predicted octanol–water partition coefficient (Wildman–Crippen LogP) is 1.73. The first-order valence-corrected chi connectivity index (χ1v) is 7.56. The third kappa shape index (κ3) is 4.34. The van der Waals surface area contributed by atoms with E-state index in [-0.39, 0.29) is 5.91 Å². The highest BCUT2D eigenvalue weighted by Crippen LogP contribution is 2.11. The maximum atomic E-state index is 11.9. The molecule has 1 N–H and O–H groups in total. The molecular formula is C12H24N2OS. The number of hydrogen-bond donors (Lipinski definition) is 1. The fourth-order valence-corrected chi connectivity index (χ4v) is 2.54. The number of thioether (sulfide) groups is 1. The van der Waals surface area contributed by atoms with Crippen molar-refractivity contribution in [2.75, 3.05) is 25.1 Å². The van der Waals surface area contributed by atoms with Gasteiger partial charge in [0.2, 0.25) is 5.91 Å². The molecule has 94 valence electrons. The summed E-state index contributed by atoms with van der Waals surface area (Å²) in [5.74, 6) is 0.875. The van der Waals surface area contributed by atoms with E-state index in [0.29, 0.717) is 17.8 Å². The predicted molar refractivity (Wildman–Crippen MR) is 70.9 cm³/mol. The lowest BCUT2D eigenvalue weighted by Gasteiger charge is -2.33. The molecule has 0 bridgehead atoms. The molecule has 1 amide bonds. The normalized spacial score (nSPS) is 21.1. The molecule has 1 aliphatic heterocycles. The molecule has 0 aromatic rings. The Morgan fingerprint density at radius 1 is 1.50 bits per heavy atom. The Bertz CT molecular complexity index is 215. The molecule has 3 nitrogen and oxygen atoms in total. The molecule has 4 heteroatoms. The van der Waals surface area contributed by atoms with Gasteiger partial charge >= 0.3 is 0 Å². The highest BCUT2D eigenvalue weighted by atomic mass is 32.2. The van der Waals surface area contributed by atoms with Crippen molar-refractivity contribution >= 4 is 17.7 Å². The molecule has 16 heavy (non-hydrogen) atoms. The average molecular weight is 244 g/mol. The SMILES string of the molecule is CSCC(=O)N(CC1CCCCN1)C(C)C.